The number of likely N-dealkylation sites (N-methyl/N-ethyl adjacent to an activating group) is 1. The first-order valence-corrected chi connectivity index (χ1v) is 9.61. The van der Waals surface area contributed by atoms with Crippen LogP contribution in [0.15, 0.2) is 48.5 Å². The molecule has 2 aromatic rings. The van der Waals surface area contributed by atoms with E-state index in [1.54, 1.807) is 48.2 Å². The lowest BCUT2D eigenvalue weighted by molar-refractivity contribution is -0.133. The summed E-state index contributed by atoms with van der Waals surface area (Å²) in [6, 6.07) is 14.2. The molecular weight excluding hydrogens is 372 g/mol. The van der Waals surface area contributed by atoms with Crippen LogP contribution in [0.3, 0.4) is 0 Å². The van der Waals surface area contributed by atoms with E-state index in [9.17, 15) is 9.59 Å². The summed E-state index contributed by atoms with van der Waals surface area (Å²) < 4.78 is 16.6. The topological polar surface area (TPSA) is 68.3 Å². The smallest absolute Gasteiger partial charge is 0.253 e. The Kier molecular flexibility index (Phi) is 5.40. The molecule has 0 aliphatic carbocycles. The molecule has 2 heterocycles. The molecule has 0 unspecified atom stereocenters. The minimum atomic E-state index is -0.311. The summed E-state index contributed by atoms with van der Waals surface area (Å²) in [5.74, 6) is 1.74. The van der Waals surface area contributed by atoms with E-state index < -0.39 is 0 Å². The first kappa shape index (κ1) is 19.3. The number of fused-ring (bicyclic) bond motifs is 3. The molecule has 4 rings (SSSR count). The van der Waals surface area contributed by atoms with Crippen LogP contribution in [0.4, 0.5) is 0 Å². The highest BCUT2D eigenvalue weighted by Crippen LogP contribution is 2.25. The summed E-state index contributed by atoms with van der Waals surface area (Å²) >= 11 is 0. The number of carbonyl (C=O) groups excluding carboxylic acids is 2. The van der Waals surface area contributed by atoms with E-state index in [0.29, 0.717) is 43.4 Å². The highest BCUT2D eigenvalue weighted by Gasteiger charge is 2.38. The van der Waals surface area contributed by atoms with Crippen molar-refractivity contribution in [1.82, 2.24) is 9.80 Å². The van der Waals surface area contributed by atoms with Gasteiger partial charge in [-0.2, -0.15) is 0 Å². The van der Waals surface area contributed by atoms with Crippen LogP contribution in [0.25, 0.3) is 0 Å². The van der Waals surface area contributed by atoms with Crippen LogP contribution in [0.5, 0.6) is 17.2 Å². The highest BCUT2D eigenvalue weighted by atomic mass is 16.5. The van der Waals surface area contributed by atoms with Gasteiger partial charge in [0.25, 0.3) is 5.91 Å². The quantitative estimate of drug-likeness (QED) is 0.794. The standard InChI is InChI=1S/C22H24N2O5/c1-23-17-12-24(11-16(21(23)25)13-28-14-17)22(26)15-3-5-19(6-4-15)29-20-9-7-18(27-2)8-10-20/h3-10,16-17H,11-14H2,1-2H3/t16-,17+/m1/s1. The molecule has 2 fully saturated rings. The Morgan fingerprint density at radius 3 is 2.24 bits per heavy atom. The second-order valence-corrected chi connectivity index (χ2v) is 7.35. The Bertz CT molecular complexity index is 881. The van der Waals surface area contributed by atoms with Gasteiger partial charge in [-0.15, -0.1) is 0 Å². The second-order valence-electron chi connectivity index (χ2n) is 7.35. The zero-order chi connectivity index (χ0) is 20.4. The van der Waals surface area contributed by atoms with Crippen molar-refractivity contribution < 1.29 is 23.8 Å². The molecule has 152 valence electrons. The van der Waals surface area contributed by atoms with Crippen LogP contribution >= 0.6 is 0 Å². The molecule has 0 aromatic heterocycles. The SMILES string of the molecule is COc1ccc(Oc2ccc(C(=O)N3C[C@@H]4COC[C@H](C3)N(C)C4=O)cc2)cc1. The third-order valence-corrected chi connectivity index (χ3v) is 5.43. The van der Waals surface area contributed by atoms with Crippen molar-refractivity contribution in [2.75, 3.05) is 40.5 Å². The van der Waals surface area contributed by atoms with E-state index in [1.165, 1.54) is 0 Å². The molecule has 29 heavy (non-hydrogen) atoms. The molecule has 0 N–H and O–H groups in total. The summed E-state index contributed by atoms with van der Waals surface area (Å²) in [5, 5.41) is 0. The van der Waals surface area contributed by atoms with Gasteiger partial charge >= 0.3 is 0 Å². The van der Waals surface area contributed by atoms with Gasteiger partial charge in [-0.3, -0.25) is 9.59 Å². The van der Waals surface area contributed by atoms with Gasteiger partial charge in [-0.1, -0.05) is 0 Å². The summed E-state index contributed by atoms with van der Waals surface area (Å²) in [6.07, 6.45) is 0. The van der Waals surface area contributed by atoms with Crippen LogP contribution in [-0.4, -0.2) is 68.1 Å². The molecule has 2 aliphatic heterocycles. The maximum atomic E-state index is 13.0. The van der Waals surface area contributed by atoms with Crippen molar-refractivity contribution in [2.24, 2.45) is 5.92 Å². The second kappa shape index (κ2) is 8.13. The number of hydrogen-bond donors (Lipinski definition) is 0. The number of methoxy groups -OCH3 is 1. The van der Waals surface area contributed by atoms with E-state index in [-0.39, 0.29) is 23.8 Å². The number of amides is 2. The summed E-state index contributed by atoms with van der Waals surface area (Å²) in [4.78, 5) is 29.0. The average Bonchev–Trinajstić information content (AvgIpc) is 2.93. The van der Waals surface area contributed by atoms with Crippen molar-refractivity contribution in [3.63, 3.8) is 0 Å². The van der Waals surface area contributed by atoms with Gasteiger partial charge in [0.1, 0.15) is 17.2 Å². The molecule has 7 nitrogen and oxygen atoms in total. The minimum Gasteiger partial charge on any atom is -0.497 e. The Morgan fingerprint density at radius 2 is 1.59 bits per heavy atom. The van der Waals surface area contributed by atoms with Crippen molar-refractivity contribution in [2.45, 2.75) is 6.04 Å². The third-order valence-electron chi connectivity index (χ3n) is 5.43. The molecule has 0 radical (unpaired) electrons. The lowest BCUT2D eigenvalue weighted by atomic mass is 10.1. The van der Waals surface area contributed by atoms with Crippen LogP contribution in [0, 0.1) is 5.92 Å². The predicted molar refractivity (Wildman–Crippen MR) is 106 cm³/mol. The monoisotopic (exact) mass is 396 g/mol. The number of carbonyl (C=O) groups is 2. The molecular formula is C22H24N2O5. The van der Waals surface area contributed by atoms with Crippen LogP contribution < -0.4 is 9.47 Å². The van der Waals surface area contributed by atoms with Gasteiger partial charge in [-0.05, 0) is 48.5 Å². The van der Waals surface area contributed by atoms with Gasteiger partial charge in [0.2, 0.25) is 5.91 Å². The summed E-state index contributed by atoms with van der Waals surface area (Å²) in [7, 11) is 3.40. The number of rotatable bonds is 4. The molecule has 2 aliphatic rings. The summed E-state index contributed by atoms with van der Waals surface area (Å²) in [5.41, 5.74) is 0.572. The lowest BCUT2D eigenvalue weighted by Crippen LogP contribution is -2.45. The maximum Gasteiger partial charge on any atom is 0.253 e. The zero-order valence-electron chi connectivity index (χ0n) is 16.5. The van der Waals surface area contributed by atoms with Crippen molar-refractivity contribution >= 4 is 11.8 Å². The predicted octanol–water partition coefficient (Wildman–Crippen LogP) is 2.42. The first-order chi connectivity index (χ1) is 14.0. The van der Waals surface area contributed by atoms with Crippen LogP contribution in [0.1, 0.15) is 10.4 Å². The zero-order valence-corrected chi connectivity index (χ0v) is 16.5. The number of nitrogens with zero attached hydrogens (tertiary/aromatic N) is 2. The largest absolute Gasteiger partial charge is 0.497 e. The molecule has 0 saturated carbocycles. The van der Waals surface area contributed by atoms with Crippen molar-refractivity contribution in [1.29, 1.82) is 0 Å². The molecule has 2 bridgehead atoms. The average molecular weight is 396 g/mol. The van der Waals surface area contributed by atoms with Gasteiger partial charge < -0.3 is 24.0 Å². The van der Waals surface area contributed by atoms with E-state index in [2.05, 4.69) is 0 Å². The van der Waals surface area contributed by atoms with E-state index >= 15 is 0 Å². The summed E-state index contributed by atoms with van der Waals surface area (Å²) in [6.45, 7) is 1.67. The molecule has 7 heteroatoms. The number of benzene rings is 2. The lowest BCUT2D eigenvalue weighted by Gasteiger charge is -2.29. The van der Waals surface area contributed by atoms with Crippen molar-refractivity contribution in [3.05, 3.63) is 54.1 Å². The number of hydrogen-bond acceptors (Lipinski definition) is 5. The Morgan fingerprint density at radius 1 is 0.966 bits per heavy atom. The number of ether oxygens (including phenoxy) is 3. The molecule has 2 amide bonds. The molecule has 2 saturated heterocycles. The van der Waals surface area contributed by atoms with Crippen LogP contribution in [-0.2, 0) is 9.53 Å². The van der Waals surface area contributed by atoms with E-state index in [4.69, 9.17) is 14.2 Å². The van der Waals surface area contributed by atoms with Gasteiger partial charge in [0, 0.05) is 25.7 Å². The fourth-order valence-corrected chi connectivity index (χ4v) is 3.69. The highest BCUT2D eigenvalue weighted by molar-refractivity contribution is 5.95. The van der Waals surface area contributed by atoms with Gasteiger partial charge in [0.05, 0.1) is 32.3 Å². The molecule has 2 atom stereocenters. The Hall–Kier alpha value is -3.06. The van der Waals surface area contributed by atoms with Gasteiger partial charge in [-0.25, -0.2) is 0 Å². The van der Waals surface area contributed by atoms with Crippen molar-refractivity contribution in [3.8, 4) is 17.2 Å². The van der Waals surface area contributed by atoms with E-state index in [1.807, 2.05) is 24.3 Å². The van der Waals surface area contributed by atoms with E-state index in [0.717, 1.165) is 5.75 Å². The normalized spacial score (nSPS) is 21.5. The first-order valence-electron chi connectivity index (χ1n) is 9.61. The third kappa shape index (κ3) is 4.05. The maximum absolute atomic E-state index is 13.0. The Labute approximate surface area is 169 Å². The fourth-order valence-electron chi connectivity index (χ4n) is 3.69. The molecule has 0 spiro atoms. The van der Waals surface area contributed by atoms with Crippen LogP contribution in [0.2, 0.25) is 0 Å². The minimum absolute atomic E-state index is 0.0473. The Balaban J connectivity index is 1.45. The molecule has 2 aromatic carbocycles. The fraction of sp³-hybridized carbons (Fsp3) is 0.364. The van der Waals surface area contributed by atoms with Gasteiger partial charge in [0.15, 0.2) is 0 Å².